The number of hydrogen-bond donors (Lipinski definition) is 0. The molecule has 0 fully saturated rings. The van der Waals surface area contributed by atoms with Crippen LogP contribution < -0.4 is 4.74 Å². The van der Waals surface area contributed by atoms with Gasteiger partial charge in [-0.25, -0.2) is 0 Å². The largest absolute Gasteiger partial charge is 0.466 e. The summed E-state index contributed by atoms with van der Waals surface area (Å²) in [6.45, 7) is 0.0567. The SMILES string of the molecule is O=[N+]([O-])c1ccc(Cl)nc1OCc1ccco1. The molecular weight excluding hydrogens is 248 g/mol. The molecule has 0 aliphatic carbocycles. The highest BCUT2D eigenvalue weighted by molar-refractivity contribution is 6.29. The maximum atomic E-state index is 10.7. The maximum Gasteiger partial charge on any atom is 0.331 e. The van der Waals surface area contributed by atoms with E-state index < -0.39 is 4.92 Å². The molecule has 0 unspecified atom stereocenters. The Labute approximate surface area is 101 Å². The normalized spacial score (nSPS) is 10.2. The van der Waals surface area contributed by atoms with E-state index in [9.17, 15) is 10.1 Å². The molecule has 17 heavy (non-hydrogen) atoms. The van der Waals surface area contributed by atoms with Gasteiger partial charge in [0.15, 0.2) is 0 Å². The van der Waals surface area contributed by atoms with Gasteiger partial charge in [0.1, 0.15) is 17.5 Å². The first-order valence-corrected chi connectivity index (χ1v) is 5.01. The van der Waals surface area contributed by atoms with Gasteiger partial charge >= 0.3 is 5.69 Å². The Bertz CT molecular complexity index is 527. The second-order valence-corrected chi connectivity index (χ2v) is 3.47. The van der Waals surface area contributed by atoms with Crippen molar-refractivity contribution in [1.29, 1.82) is 0 Å². The van der Waals surface area contributed by atoms with Crippen LogP contribution in [0.1, 0.15) is 5.76 Å². The summed E-state index contributed by atoms with van der Waals surface area (Å²) < 4.78 is 10.2. The molecule has 2 rings (SSSR count). The van der Waals surface area contributed by atoms with Crippen LogP contribution in [0.2, 0.25) is 5.15 Å². The molecule has 0 aromatic carbocycles. The summed E-state index contributed by atoms with van der Waals surface area (Å²) in [5.74, 6) is 0.417. The van der Waals surface area contributed by atoms with Crippen molar-refractivity contribution in [1.82, 2.24) is 4.98 Å². The van der Waals surface area contributed by atoms with Crippen molar-refractivity contribution >= 4 is 17.3 Å². The van der Waals surface area contributed by atoms with Crippen LogP contribution in [0.3, 0.4) is 0 Å². The van der Waals surface area contributed by atoms with Crippen molar-refractivity contribution < 1.29 is 14.1 Å². The summed E-state index contributed by atoms with van der Waals surface area (Å²) in [4.78, 5) is 13.9. The minimum atomic E-state index is -0.583. The Morgan fingerprint density at radius 2 is 2.29 bits per heavy atom. The lowest BCUT2D eigenvalue weighted by Crippen LogP contribution is -2.00. The number of pyridine rings is 1. The molecule has 0 amide bonds. The first-order chi connectivity index (χ1) is 8.16. The van der Waals surface area contributed by atoms with Crippen LogP contribution in [0.5, 0.6) is 5.88 Å². The summed E-state index contributed by atoms with van der Waals surface area (Å²) in [6.07, 6.45) is 1.48. The van der Waals surface area contributed by atoms with Gasteiger partial charge in [0.25, 0.3) is 5.88 Å². The molecule has 0 saturated carbocycles. The number of aromatic nitrogens is 1. The highest BCUT2D eigenvalue weighted by Crippen LogP contribution is 2.26. The minimum absolute atomic E-state index is 0.0567. The van der Waals surface area contributed by atoms with Gasteiger partial charge in [0.2, 0.25) is 0 Å². The smallest absolute Gasteiger partial charge is 0.331 e. The molecule has 0 bridgehead atoms. The van der Waals surface area contributed by atoms with Gasteiger partial charge in [-0.3, -0.25) is 10.1 Å². The molecular formula is C10H7ClN2O4. The molecule has 0 aliphatic heterocycles. The van der Waals surface area contributed by atoms with E-state index in [4.69, 9.17) is 20.8 Å². The van der Waals surface area contributed by atoms with Crippen molar-refractivity contribution in [3.63, 3.8) is 0 Å². The summed E-state index contributed by atoms with van der Waals surface area (Å²) in [6, 6.07) is 5.96. The molecule has 0 saturated heterocycles. The van der Waals surface area contributed by atoms with Gasteiger partial charge < -0.3 is 9.15 Å². The van der Waals surface area contributed by atoms with Gasteiger partial charge in [-0.15, -0.1) is 0 Å². The van der Waals surface area contributed by atoms with E-state index in [1.165, 1.54) is 18.4 Å². The average molecular weight is 255 g/mol. The van der Waals surface area contributed by atoms with Crippen molar-refractivity contribution in [2.75, 3.05) is 0 Å². The van der Waals surface area contributed by atoms with Crippen molar-refractivity contribution in [2.45, 2.75) is 6.61 Å². The number of ether oxygens (including phenoxy) is 1. The lowest BCUT2D eigenvalue weighted by Gasteiger charge is -2.03. The Hall–Kier alpha value is -2.08. The number of nitro groups is 1. The zero-order valence-corrected chi connectivity index (χ0v) is 9.26. The van der Waals surface area contributed by atoms with Gasteiger partial charge in [-0.2, -0.15) is 4.98 Å². The number of nitrogens with zero attached hydrogens (tertiary/aromatic N) is 2. The fourth-order valence-electron chi connectivity index (χ4n) is 1.19. The summed E-state index contributed by atoms with van der Waals surface area (Å²) in [5.41, 5.74) is -0.235. The zero-order chi connectivity index (χ0) is 12.3. The molecule has 0 radical (unpaired) electrons. The van der Waals surface area contributed by atoms with Crippen LogP contribution in [-0.2, 0) is 6.61 Å². The van der Waals surface area contributed by atoms with E-state index in [1.807, 2.05) is 0 Å². The minimum Gasteiger partial charge on any atom is -0.466 e. The molecule has 2 aromatic rings. The second kappa shape index (κ2) is 4.84. The molecule has 88 valence electrons. The van der Waals surface area contributed by atoms with E-state index in [2.05, 4.69) is 4.98 Å². The van der Waals surface area contributed by atoms with E-state index in [0.717, 1.165) is 0 Å². The third-order valence-corrected chi connectivity index (χ3v) is 2.14. The fraction of sp³-hybridized carbons (Fsp3) is 0.100. The topological polar surface area (TPSA) is 78.4 Å². The van der Waals surface area contributed by atoms with Gasteiger partial charge in [0.05, 0.1) is 11.2 Å². The molecule has 0 N–H and O–H groups in total. The molecule has 0 aliphatic rings. The average Bonchev–Trinajstić information content (AvgIpc) is 2.78. The summed E-state index contributed by atoms with van der Waals surface area (Å²) >= 11 is 5.64. The van der Waals surface area contributed by atoms with Crippen LogP contribution in [-0.4, -0.2) is 9.91 Å². The fourth-order valence-corrected chi connectivity index (χ4v) is 1.33. The quantitative estimate of drug-likeness (QED) is 0.476. The first kappa shape index (κ1) is 11.4. The third kappa shape index (κ3) is 2.73. The van der Waals surface area contributed by atoms with E-state index in [-0.39, 0.29) is 23.3 Å². The van der Waals surface area contributed by atoms with Crippen LogP contribution in [0.25, 0.3) is 0 Å². The number of rotatable bonds is 4. The van der Waals surface area contributed by atoms with E-state index in [0.29, 0.717) is 5.76 Å². The number of halogens is 1. The van der Waals surface area contributed by atoms with Crippen LogP contribution >= 0.6 is 11.6 Å². The van der Waals surface area contributed by atoms with Gasteiger partial charge in [-0.05, 0) is 18.2 Å². The highest BCUT2D eigenvalue weighted by Gasteiger charge is 2.17. The van der Waals surface area contributed by atoms with Gasteiger partial charge in [0, 0.05) is 6.07 Å². The van der Waals surface area contributed by atoms with Crippen LogP contribution in [0, 0.1) is 10.1 Å². The number of hydrogen-bond acceptors (Lipinski definition) is 5. The molecule has 2 aromatic heterocycles. The lowest BCUT2D eigenvalue weighted by molar-refractivity contribution is -0.386. The highest BCUT2D eigenvalue weighted by atomic mass is 35.5. The standard InChI is InChI=1S/C10H7ClN2O4/c11-9-4-3-8(13(14)15)10(12-9)17-6-7-2-1-5-16-7/h1-5H,6H2. The Balaban J connectivity index is 2.19. The zero-order valence-electron chi connectivity index (χ0n) is 8.50. The Morgan fingerprint density at radius 3 is 2.94 bits per heavy atom. The van der Waals surface area contributed by atoms with Crippen molar-refractivity contribution in [2.24, 2.45) is 0 Å². The molecule has 0 atom stereocenters. The van der Waals surface area contributed by atoms with Crippen LogP contribution in [0.15, 0.2) is 34.9 Å². The van der Waals surface area contributed by atoms with Crippen LogP contribution in [0.4, 0.5) is 5.69 Å². The predicted octanol–water partition coefficient (Wildman–Crippen LogP) is 2.82. The van der Waals surface area contributed by atoms with Crippen molar-refractivity contribution in [3.05, 3.63) is 51.6 Å². The second-order valence-electron chi connectivity index (χ2n) is 3.08. The van der Waals surface area contributed by atoms with Gasteiger partial charge in [-0.1, -0.05) is 11.6 Å². The summed E-state index contributed by atoms with van der Waals surface area (Å²) in [5, 5.41) is 10.8. The Kier molecular flexibility index (Phi) is 3.24. The molecule has 6 nitrogen and oxygen atoms in total. The maximum absolute atomic E-state index is 10.7. The first-order valence-electron chi connectivity index (χ1n) is 4.63. The summed E-state index contributed by atoms with van der Waals surface area (Å²) in [7, 11) is 0. The monoisotopic (exact) mass is 254 g/mol. The van der Waals surface area contributed by atoms with E-state index in [1.54, 1.807) is 12.1 Å². The molecule has 2 heterocycles. The Morgan fingerprint density at radius 1 is 1.47 bits per heavy atom. The predicted molar refractivity (Wildman–Crippen MR) is 58.9 cm³/mol. The molecule has 0 spiro atoms. The van der Waals surface area contributed by atoms with E-state index >= 15 is 0 Å². The molecule has 7 heteroatoms. The van der Waals surface area contributed by atoms with Crippen molar-refractivity contribution in [3.8, 4) is 5.88 Å². The number of furan rings is 1. The third-order valence-electron chi connectivity index (χ3n) is 1.93. The lowest BCUT2D eigenvalue weighted by atomic mass is 10.4.